The van der Waals surface area contributed by atoms with E-state index < -0.39 is 0 Å². The number of amides is 2. The smallest absolute Gasteiger partial charge is 0.293 e. The molecule has 1 aliphatic heterocycles. The third kappa shape index (κ3) is 5.42. The summed E-state index contributed by atoms with van der Waals surface area (Å²) < 4.78 is 12.1. The van der Waals surface area contributed by atoms with Crippen molar-refractivity contribution in [3.63, 3.8) is 0 Å². The maximum Gasteiger partial charge on any atom is 0.293 e. The van der Waals surface area contributed by atoms with Crippen LogP contribution < -0.4 is 9.47 Å². The predicted molar refractivity (Wildman–Crippen MR) is 119 cm³/mol. The molecule has 5 nitrogen and oxygen atoms in total. The second-order valence-electron chi connectivity index (χ2n) is 7.01. The van der Waals surface area contributed by atoms with E-state index in [1.165, 1.54) is 4.90 Å². The van der Waals surface area contributed by atoms with Crippen molar-refractivity contribution in [2.24, 2.45) is 5.92 Å². The predicted octanol–water partition coefficient (Wildman–Crippen LogP) is 5.73. The number of carbonyl (C=O) groups is 2. The minimum absolute atomic E-state index is 0.243. The van der Waals surface area contributed by atoms with Crippen molar-refractivity contribution in [1.29, 1.82) is 0 Å². The Hall–Kier alpha value is -2.25. The van der Waals surface area contributed by atoms with Crippen molar-refractivity contribution in [3.8, 4) is 11.5 Å². The van der Waals surface area contributed by atoms with Crippen molar-refractivity contribution in [3.05, 3.63) is 63.0 Å². The van der Waals surface area contributed by atoms with Crippen molar-refractivity contribution >= 4 is 44.9 Å². The molecule has 29 heavy (non-hydrogen) atoms. The van der Waals surface area contributed by atoms with Crippen molar-refractivity contribution in [2.75, 3.05) is 13.7 Å². The SMILES string of the molecule is COc1cc(/C=C2\SC(=O)N(Cc3cccc(Br)c3)C2=O)ccc1OCC(C)C. The van der Waals surface area contributed by atoms with Gasteiger partial charge in [0.2, 0.25) is 0 Å². The second kappa shape index (κ2) is 9.50. The van der Waals surface area contributed by atoms with E-state index >= 15 is 0 Å². The number of rotatable bonds is 7. The van der Waals surface area contributed by atoms with Crippen LogP contribution in [0.15, 0.2) is 51.8 Å². The molecular formula is C22H22BrNO4S. The molecular weight excluding hydrogens is 454 g/mol. The first kappa shape index (κ1) is 21.5. The maximum absolute atomic E-state index is 12.8. The molecule has 0 aliphatic carbocycles. The van der Waals surface area contributed by atoms with Crippen LogP contribution in [0.2, 0.25) is 0 Å². The molecule has 2 aromatic carbocycles. The van der Waals surface area contributed by atoms with Gasteiger partial charge in [0, 0.05) is 4.47 Å². The number of halogens is 1. The topological polar surface area (TPSA) is 55.8 Å². The van der Waals surface area contributed by atoms with Gasteiger partial charge in [-0.3, -0.25) is 14.5 Å². The van der Waals surface area contributed by atoms with Gasteiger partial charge in [-0.2, -0.15) is 0 Å². The third-order valence-electron chi connectivity index (χ3n) is 4.16. The summed E-state index contributed by atoms with van der Waals surface area (Å²) in [6, 6.07) is 13.0. The molecule has 0 radical (unpaired) electrons. The number of hydrogen-bond acceptors (Lipinski definition) is 5. The van der Waals surface area contributed by atoms with Crippen LogP contribution in [0.5, 0.6) is 11.5 Å². The molecule has 7 heteroatoms. The van der Waals surface area contributed by atoms with Gasteiger partial charge in [0.1, 0.15) is 0 Å². The fourth-order valence-corrected chi connectivity index (χ4v) is 4.04. The van der Waals surface area contributed by atoms with E-state index in [1.54, 1.807) is 19.3 Å². The Morgan fingerprint density at radius 1 is 1.14 bits per heavy atom. The summed E-state index contributed by atoms with van der Waals surface area (Å²) >= 11 is 4.36. The second-order valence-corrected chi connectivity index (χ2v) is 8.92. The van der Waals surface area contributed by atoms with Crippen LogP contribution in [0.4, 0.5) is 4.79 Å². The molecule has 1 aliphatic rings. The van der Waals surface area contributed by atoms with E-state index in [0.717, 1.165) is 27.4 Å². The molecule has 2 aromatic rings. The zero-order chi connectivity index (χ0) is 21.0. The van der Waals surface area contributed by atoms with Gasteiger partial charge in [0.05, 0.1) is 25.2 Å². The first-order valence-corrected chi connectivity index (χ1v) is 10.8. The number of nitrogens with zero attached hydrogens (tertiary/aromatic N) is 1. The molecule has 0 atom stereocenters. The molecule has 0 N–H and O–H groups in total. The van der Waals surface area contributed by atoms with E-state index in [-0.39, 0.29) is 17.7 Å². The molecule has 0 aromatic heterocycles. The van der Waals surface area contributed by atoms with Crippen molar-refractivity contribution in [1.82, 2.24) is 4.90 Å². The van der Waals surface area contributed by atoms with Gasteiger partial charge in [-0.15, -0.1) is 0 Å². The minimum atomic E-state index is -0.293. The Morgan fingerprint density at radius 2 is 1.93 bits per heavy atom. The molecule has 0 unspecified atom stereocenters. The fraction of sp³-hybridized carbons (Fsp3) is 0.273. The lowest BCUT2D eigenvalue weighted by Crippen LogP contribution is -2.27. The summed E-state index contributed by atoms with van der Waals surface area (Å²) in [6.07, 6.45) is 1.71. The number of hydrogen-bond donors (Lipinski definition) is 0. The first-order valence-electron chi connectivity index (χ1n) is 9.18. The summed E-state index contributed by atoms with van der Waals surface area (Å²) in [6.45, 7) is 4.98. The lowest BCUT2D eigenvalue weighted by molar-refractivity contribution is -0.123. The summed E-state index contributed by atoms with van der Waals surface area (Å²) in [7, 11) is 1.58. The molecule has 152 valence electrons. The average molecular weight is 476 g/mol. The van der Waals surface area contributed by atoms with Crippen LogP contribution in [-0.2, 0) is 11.3 Å². The average Bonchev–Trinajstić information content (AvgIpc) is 2.94. The number of carbonyl (C=O) groups excluding carboxylic acids is 2. The molecule has 3 rings (SSSR count). The highest BCUT2D eigenvalue weighted by Crippen LogP contribution is 2.35. The molecule has 1 saturated heterocycles. The summed E-state index contributed by atoms with van der Waals surface area (Å²) in [5.74, 6) is 1.35. The van der Waals surface area contributed by atoms with E-state index in [1.807, 2.05) is 36.4 Å². The molecule has 0 saturated carbocycles. The van der Waals surface area contributed by atoms with Crippen LogP contribution >= 0.6 is 27.7 Å². The largest absolute Gasteiger partial charge is 0.493 e. The van der Waals surface area contributed by atoms with Gasteiger partial charge < -0.3 is 9.47 Å². The van der Waals surface area contributed by atoms with Gasteiger partial charge >= 0.3 is 0 Å². The summed E-state index contributed by atoms with van der Waals surface area (Å²) in [5, 5.41) is -0.273. The highest BCUT2D eigenvalue weighted by Gasteiger charge is 2.35. The number of ether oxygens (including phenoxy) is 2. The Morgan fingerprint density at radius 3 is 2.62 bits per heavy atom. The fourth-order valence-electron chi connectivity index (χ4n) is 2.76. The Balaban J connectivity index is 1.78. The maximum atomic E-state index is 12.8. The Labute approximate surface area is 183 Å². The lowest BCUT2D eigenvalue weighted by atomic mass is 10.1. The molecule has 1 fully saturated rings. The van der Waals surface area contributed by atoms with E-state index in [2.05, 4.69) is 29.8 Å². The third-order valence-corrected chi connectivity index (χ3v) is 5.56. The van der Waals surface area contributed by atoms with Crippen LogP contribution in [-0.4, -0.2) is 29.8 Å². The number of methoxy groups -OCH3 is 1. The zero-order valence-electron chi connectivity index (χ0n) is 16.5. The van der Waals surface area contributed by atoms with Gasteiger partial charge in [-0.25, -0.2) is 0 Å². The van der Waals surface area contributed by atoms with Gasteiger partial charge in [0.25, 0.3) is 11.1 Å². The van der Waals surface area contributed by atoms with Crippen molar-refractivity contribution in [2.45, 2.75) is 20.4 Å². The lowest BCUT2D eigenvalue weighted by Gasteiger charge is -2.13. The number of thioether (sulfide) groups is 1. The van der Waals surface area contributed by atoms with Gasteiger partial charge in [0.15, 0.2) is 11.5 Å². The van der Waals surface area contributed by atoms with E-state index in [0.29, 0.717) is 28.9 Å². The molecule has 0 bridgehead atoms. The number of benzene rings is 2. The van der Waals surface area contributed by atoms with Crippen LogP contribution in [0, 0.1) is 5.92 Å². The highest BCUT2D eigenvalue weighted by molar-refractivity contribution is 9.10. The first-order chi connectivity index (χ1) is 13.9. The molecule has 0 spiro atoms. The van der Waals surface area contributed by atoms with Crippen LogP contribution in [0.1, 0.15) is 25.0 Å². The minimum Gasteiger partial charge on any atom is -0.493 e. The summed E-state index contributed by atoms with van der Waals surface area (Å²) in [4.78, 5) is 26.8. The zero-order valence-corrected chi connectivity index (χ0v) is 18.9. The molecule has 2 amide bonds. The standard InChI is InChI=1S/C22H22BrNO4S/c1-14(2)13-28-18-8-7-15(10-19(18)27-3)11-20-21(25)24(22(26)29-20)12-16-5-4-6-17(23)9-16/h4-11,14H,12-13H2,1-3H3/b20-11-. The van der Waals surface area contributed by atoms with E-state index in [4.69, 9.17) is 9.47 Å². The normalized spacial score (nSPS) is 15.5. The van der Waals surface area contributed by atoms with Gasteiger partial charge in [-0.05, 0) is 59.1 Å². The number of imide groups is 1. The summed E-state index contributed by atoms with van der Waals surface area (Å²) in [5.41, 5.74) is 1.66. The Kier molecular flexibility index (Phi) is 7.03. The van der Waals surface area contributed by atoms with E-state index in [9.17, 15) is 9.59 Å². The van der Waals surface area contributed by atoms with Crippen molar-refractivity contribution < 1.29 is 19.1 Å². The van der Waals surface area contributed by atoms with Crippen LogP contribution in [0.25, 0.3) is 6.08 Å². The Bertz CT molecular complexity index is 958. The van der Waals surface area contributed by atoms with Crippen LogP contribution in [0.3, 0.4) is 0 Å². The monoisotopic (exact) mass is 475 g/mol. The van der Waals surface area contributed by atoms with Gasteiger partial charge in [-0.1, -0.05) is 48.0 Å². The quantitative estimate of drug-likeness (QED) is 0.478. The highest BCUT2D eigenvalue weighted by atomic mass is 79.9. The molecule has 1 heterocycles.